The van der Waals surface area contributed by atoms with Crippen LogP contribution in [0.2, 0.25) is 0 Å². The lowest BCUT2D eigenvalue weighted by atomic mass is 10.0. The summed E-state index contributed by atoms with van der Waals surface area (Å²) in [6, 6.07) is 3.62. The molecule has 0 amide bonds. The van der Waals surface area contributed by atoms with Gasteiger partial charge in [0.15, 0.2) is 0 Å². The van der Waals surface area contributed by atoms with Gasteiger partial charge >= 0.3 is 0 Å². The van der Waals surface area contributed by atoms with Crippen LogP contribution in [0.3, 0.4) is 0 Å². The van der Waals surface area contributed by atoms with E-state index >= 15 is 0 Å². The van der Waals surface area contributed by atoms with Gasteiger partial charge in [-0.1, -0.05) is 13.8 Å². The van der Waals surface area contributed by atoms with Gasteiger partial charge < -0.3 is 5.73 Å². The number of benzene rings is 1. The Morgan fingerprint density at radius 2 is 2.00 bits per heavy atom. The molecular formula is C12H15F2N. The van der Waals surface area contributed by atoms with E-state index in [1.807, 2.05) is 13.8 Å². The number of halogens is 2. The highest BCUT2D eigenvalue weighted by atomic mass is 19.1. The Bertz CT molecular complexity index is 387. The molecule has 2 atom stereocenters. The van der Waals surface area contributed by atoms with Gasteiger partial charge in [0.25, 0.3) is 0 Å². The van der Waals surface area contributed by atoms with Gasteiger partial charge in [-0.2, -0.15) is 0 Å². The summed E-state index contributed by atoms with van der Waals surface area (Å²) in [6.45, 7) is 4.60. The molecule has 0 radical (unpaired) electrons. The van der Waals surface area contributed by atoms with Crippen LogP contribution < -0.4 is 5.73 Å². The fraction of sp³-hybridized carbons (Fsp3) is 0.500. The molecule has 0 aromatic heterocycles. The largest absolute Gasteiger partial charge is 0.330 e. The Morgan fingerprint density at radius 1 is 1.33 bits per heavy atom. The van der Waals surface area contributed by atoms with E-state index in [0.29, 0.717) is 12.1 Å². The first kappa shape index (κ1) is 10.6. The first-order valence-corrected chi connectivity index (χ1v) is 5.13. The smallest absolute Gasteiger partial charge is 0.126 e. The molecule has 0 heterocycles. The molecule has 1 aromatic rings. The standard InChI is InChI=1S/C12H15F2N/c1-12(2)9(6-15)11(12)8-5-7(13)3-4-10(8)14/h3-5,9,11H,6,15H2,1-2H3. The summed E-state index contributed by atoms with van der Waals surface area (Å²) in [5, 5.41) is 0. The Hall–Kier alpha value is -0.960. The van der Waals surface area contributed by atoms with E-state index in [4.69, 9.17) is 5.73 Å². The zero-order valence-electron chi connectivity index (χ0n) is 8.93. The van der Waals surface area contributed by atoms with Crippen molar-refractivity contribution in [1.82, 2.24) is 0 Å². The number of hydrogen-bond acceptors (Lipinski definition) is 1. The van der Waals surface area contributed by atoms with Gasteiger partial charge in [0.1, 0.15) is 11.6 Å². The van der Waals surface area contributed by atoms with Crippen LogP contribution in [-0.4, -0.2) is 6.54 Å². The topological polar surface area (TPSA) is 26.0 Å². The second kappa shape index (κ2) is 3.27. The summed E-state index contributed by atoms with van der Waals surface area (Å²) < 4.78 is 26.5. The third-order valence-electron chi connectivity index (χ3n) is 3.60. The molecule has 1 saturated carbocycles. The molecule has 2 rings (SSSR count). The predicted octanol–water partition coefficient (Wildman–Crippen LogP) is 2.66. The quantitative estimate of drug-likeness (QED) is 0.799. The van der Waals surface area contributed by atoms with Gasteiger partial charge in [0.05, 0.1) is 0 Å². The molecule has 1 nitrogen and oxygen atoms in total. The van der Waals surface area contributed by atoms with Crippen LogP contribution in [0.15, 0.2) is 18.2 Å². The van der Waals surface area contributed by atoms with Gasteiger partial charge in [0.2, 0.25) is 0 Å². The fourth-order valence-corrected chi connectivity index (χ4v) is 2.55. The highest BCUT2D eigenvalue weighted by Crippen LogP contribution is 2.64. The minimum Gasteiger partial charge on any atom is -0.330 e. The van der Waals surface area contributed by atoms with E-state index in [9.17, 15) is 8.78 Å². The van der Waals surface area contributed by atoms with Crippen molar-refractivity contribution in [2.24, 2.45) is 17.1 Å². The summed E-state index contributed by atoms with van der Waals surface area (Å²) >= 11 is 0. The van der Waals surface area contributed by atoms with Gasteiger partial charge in [-0.25, -0.2) is 8.78 Å². The minimum atomic E-state index is -0.384. The molecule has 0 spiro atoms. The summed E-state index contributed by atoms with van der Waals surface area (Å²) in [5.74, 6) is -0.401. The molecule has 15 heavy (non-hydrogen) atoms. The fourth-order valence-electron chi connectivity index (χ4n) is 2.55. The summed E-state index contributed by atoms with van der Waals surface area (Å²) in [5.41, 5.74) is 6.07. The second-order valence-corrected chi connectivity index (χ2v) is 4.81. The van der Waals surface area contributed by atoms with Crippen molar-refractivity contribution in [2.45, 2.75) is 19.8 Å². The van der Waals surface area contributed by atoms with Crippen molar-refractivity contribution in [3.05, 3.63) is 35.4 Å². The maximum atomic E-state index is 13.5. The van der Waals surface area contributed by atoms with Crippen molar-refractivity contribution < 1.29 is 8.78 Å². The lowest BCUT2D eigenvalue weighted by molar-refractivity contribution is 0.546. The van der Waals surface area contributed by atoms with Crippen molar-refractivity contribution in [3.63, 3.8) is 0 Å². The zero-order valence-corrected chi connectivity index (χ0v) is 8.93. The third-order valence-corrected chi connectivity index (χ3v) is 3.60. The first-order chi connectivity index (χ1) is 6.98. The molecular weight excluding hydrogens is 196 g/mol. The van der Waals surface area contributed by atoms with E-state index in [-0.39, 0.29) is 28.9 Å². The lowest BCUT2D eigenvalue weighted by Gasteiger charge is -2.04. The molecule has 3 heteroatoms. The van der Waals surface area contributed by atoms with Crippen LogP contribution in [0.4, 0.5) is 8.78 Å². The summed E-state index contributed by atoms with van der Waals surface area (Å²) in [7, 11) is 0. The molecule has 1 aliphatic rings. The summed E-state index contributed by atoms with van der Waals surface area (Å²) in [6.07, 6.45) is 0. The van der Waals surface area contributed by atoms with Gasteiger partial charge in [0, 0.05) is 0 Å². The maximum absolute atomic E-state index is 13.5. The second-order valence-electron chi connectivity index (χ2n) is 4.81. The number of nitrogens with two attached hydrogens (primary N) is 1. The van der Waals surface area contributed by atoms with Crippen LogP contribution in [-0.2, 0) is 0 Å². The molecule has 1 aliphatic carbocycles. The molecule has 0 aliphatic heterocycles. The van der Waals surface area contributed by atoms with E-state index in [1.54, 1.807) is 0 Å². The SMILES string of the molecule is CC1(C)C(CN)C1c1cc(F)ccc1F. The van der Waals surface area contributed by atoms with Gasteiger partial charge in [-0.05, 0) is 47.6 Å². The Morgan fingerprint density at radius 3 is 2.53 bits per heavy atom. The zero-order chi connectivity index (χ0) is 11.2. The van der Waals surface area contributed by atoms with E-state index in [0.717, 1.165) is 6.07 Å². The number of rotatable bonds is 2. The maximum Gasteiger partial charge on any atom is 0.126 e. The molecule has 0 saturated heterocycles. The number of hydrogen-bond donors (Lipinski definition) is 1. The average Bonchev–Trinajstić information content (AvgIpc) is 2.72. The van der Waals surface area contributed by atoms with Crippen molar-refractivity contribution in [2.75, 3.05) is 6.54 Å². The summed E-state index contributed by atoms with van der Waals surface area (Å²) in [4.78, 5) is 0. The highest BCUT2D eigenvalue weighted by molar-refractivity contribution is 5.33. The van der Waals surface area contributed by atoms with Gasteiger partial charge in [-0.15, -0.1) is 0 Å². The van der Waals surface area contributed by atoms with Crippen LogP contribution in [0.25, 0.3) is 0 Å². The van der Waals surface area contributed by atoms with Crippen LogP contribution in [0.5, 0.6) is 0 Å². The average molecular weight is 211 g/mol. The van der Waals surface area contributed by atoms with E-state index in [2.05, 4.69) is 0 Å². The molecule has 1 aromatic carbocycles. The van der Waals surface area contributed by atoms with Crippen molar-refractivity contribution in [1.29, 1.82) is 0 Å². The van der Waals surface area contributed by atoms with E-state index < -0.39 is 0 Å². The Kier molecular flexibility index (Phi) is 2.30. The molecule has 2 unspecified atom stereocenters. The predicted molar refractivity (Wildman–Crippen MR) is 55.4 cm³/mol. The van der Waals surface area contributed by atoms with Crippen molar-refractivity contribution >= 4 is 0 Å². The van der Waals surface area contributed by atoms with Crippen LogP contribution >= 0.6 is 0 Å². The van der Waals surface area contributed by atoms with Crippen molar-refractivity contribution in [3.8, 4) is 0 Å². The normalized spacial score (nSPS) is 27.8. The van der Waals surface area contributed by atoms with Crippen LogP contribution in [0, 0.1) is 23.0 Å². The minimum absolute atomic E-state index is 0.0105. The van der Waals surface area contributed by atoms with E-state index in [1.165, 1.54) is 12.1 Å². The molecule has 82 valence electrons. The van der Waals surface area contributed by atoms with Gasteiger partial charge in [-0.3, -0.25) is 0 Å². The Balaban J connectivity index is 2.36. The molecule has 1 fully saturated rings. The lowest BCUT2D eigenvalue weighted by Crippen LogP contribution is -2.05. The Labute approximate surface area is 88.3 Å². The first-order valence-electron chi connectivity index (χ1n) is 5.13. The molecule has 0 bridgehead atoms. The van der Waals surface area contributed by atoms with Crippen LogP contribution in [0.1, 0.15) is 25.3 Å². The molecule has 2 N–H and O–H groups in total. The third kappa shape index (κ3) is 1.55. The highest BCUT2D eigenvalue weighted by Gasteiger charge is 2.58. The monoisotopic (exact) mass is 211 g/mol.